The average molecular weight is 347 g/mol. The van der Waals surface area contributed by atoms with E-state index in [4.69, 9.17) is 9.15 Å². The molecule has 2 rings (SSSR count). The van der Waals surface area contributed by atoms with E-state index in [2.05, 4.69) is 26.6 Å². The van der Waals surface area contributed by atoms with E-state index >= 15 is 0 Å². The van der Waals surface area contributed by atoms with Gasteiger partial charge in [0, 0.05) is 19.6 Å². The fourth-order valence-electron chi connectivity index (χ4n) is 1.75. The van der Waals surface area contributed by atoms with E-state index in [1.165, 1.54) is 6.07 Å². The fourth-order valence-corrected chi connectivity index (χ4v) is 2.05. The lowest BCUT2D eigenvalue weighted by Crippen LogP contribution is -2.46. The predicted octanol–water partition coefficient (Wildman–Crippen LogP) is 0.0395. The third kappa shape index (κ3) is 4.06. The zero-order valence-corrected chi connectivity index (χ0v) is 12.2. The second kappa shape index (κ2) is 6.38. The van der Waals surface area contributed by atoms with E-state index < -0.39 is 11.5 Å². The first-order chi connectivity index (χ1) is 9.48. The van der Waals surface area contributed by atoms with Gasteiger partial charge in [-0.2, -0.15) is 0 Å². The Bertz CT molecular complexity index is 496. The van der Waals surface area contributed by atoms with E-state index in [1.807, 2.05) is 0 Å². The Kier molecular flexibility index (Phi) is 4.79. The van der Waals surface area contributed by atoms with Crippen LogP contribution < -0.4 is 10.6 Å². The van der Waals surface area contributed by atoms with Crippen molar-refractivity contribution in [2.24, 2.45) is 0 Å². The summed E-state index contributed by atoms with van der Waals surface area (Å²) in [5.41, 5.74) is -1.01. The van der Waals surface area contributed by atoms with Crippen LogP contribution in [0.15, 0.2) is 21.2 Å². The topological polar surface area (TPSA) is 101 Å². The second-order valence-electron chi connectivity index (χ2n) is 4.59. The van der Waals surface area contributed by atoms with Gasteiger partial charge >= 0.3 is 0 Å². The number of halogens is 1. The molecular weight excluding hydrogens is 332 g/mol. The molecule has 1 atom stereocenters. The summed E-state index contributed by atoms with van der Waals surface area (Å²) in [4.78, 5) is 23.2. The molecule has 1 aliphatic heterocycles. The molecule has 110 valence electrons. The van der Waals surface area contributed by atoms with Crippen LogP contribution in [-0.4, -0.2) is 48.8 Å². The number of ether oxygens (including phenoxy) is 1. The lowest BCUT2D eigenvalue weighted by molar-refractivity contribution is -0.121. The molecule has 1 aromatic rings. The summed E-state index contributed by atoms with van der Waals surface area (Å²) < 4.78 is 10.6. The summed E-state index contributed by atoms with van der Waals surface area (Å²) in [6.07, 6.45) is 0.486. The highest BCUT2D eigenvalue weighted by molar-refractivity contribution is 9.10. The Labute approximate surface area is 123 Å². The van der Waals surface area contributed by atoms with Gasteiger partial charge in [0.1, 0.15) is 5.60 Å². The Morgan fingerprint density at radius 1 is 1.40 bits per heavy atom. The molecular formula is C12H15BrN2O5. The summed E-state index contributed by atoms with van der Waals surface area (Å²) in [5, 5.41) is 14.9. The van der Waals surface area contributed by atoms with Gasteiger partial charge in [0.25, 0.3) is 5.91 Å². The lowest BCUT2D eigenvalue weighted by atomic mass is 10.0. The summed E-state index contributed by atoms with van der Waals surface area (Å²) in [5.74, 6) is -0.745. The van der Waals surface area contributed by atoms with Crippen molar-refractivity contribution >= 4 is 27.7 Å². The maximum absolute atomic E-state index is 11.6. The van der Waals surface area contributed by atoms with E-state index in [-0.39, 0.29) is 31.4 Å². The highest BCUT2D eigenvalue weighted by Crippen LogP contribution is 2.16. The molecule has 0 radical (unpaired) electrons. The minimum absolute atomic E-state index is 0.105. The van der Waals surface area contributed by atoms with Crippen molar-refractivity contribution in [2.75, 3.05) is 26.3 Å². The molecule has 0 aromatic carbocycles. The Morgan fingerprint density at radius 2 is 2.20 bits per heavy atom. The zero-order valence-electron chi connectivity index (χ0n) is 10.6. The molecule has 0 bridgehead atoms. The van der Waals surface area contributed by atoms with Crippen molar-refractivity contribution < 1.29 is 23.8 Å². The van der Waals surface area contributed by atoms with Gasteiger partial charge in [0.15, 0.2) is 10.4 Å². The molecule has 1 saturated heterocycles. The first-order valence-corrected chi connectivity index (χ1v) is 6.88. The Hall–Kier alpha value is -1.38. The molecule has 2 heterocycles. The van der Waals surface area contributed by atoms with Gasteiger partial charge in [-0.3, -0.25) is 9.59 Å². The lowest BCUT2D eigenvalue weighted by Gasteiger charge is -2.20. The number of amides is 2. The normalized spacial score (nSPS) is 21.7. The molecule has 2 amide bonds. The van der Waals surface area contributed by atoms with E-state index in [0.717, 1.165) is 0 Å². The predicted molar refractivity (Wildman–Crippen MR) is 72.1 cm³/mol. The Balaban J connectivity index is 1.71. The van der Waals surface area contributed by atoms with Crippen molar-refractivity contribution in [1.29, 1.82) is 0 Å². The first kappa shape index (κ1) is 15.0. The number of aliphatic hydroxyl groups is 1. The summed E-state index contributed by atoms with van der Waals surface area (Å²) in [6.45, 7) is 0.610. The van der Waals surface area contributed by atoms with Gasteiger partial charge in [-0.05, 0) is 28.1 Å². The number of furan rings is 1. The molecule has 1 fully saturated rings. The maximum Gasteiger partial charge on any atom is 0.287 e. The van der Waals surface area contributed by atoms with Crippen LogP contribution in [-0.2, 0) is 9.53 Å². The summed E-state index contributed by atoms with van der Waals surface area (Å²) >= 11 is 3.08. The van der Waals surface area contributed by atoms with E-state index in [9.17, 15) is 14.7 Å². The van der Waals surface area contributed by atoms with Crippen molar-refractivity contribution in [2.45, 2.75) is 12.0 Å². The molecule has 20 heavy (non-hydrogen) atoms. The van der Waals surface area contributed by atoms with Crippen molar-refractivity contribution in [3.63, 3.8) is 0 Å². The second-order valence-corrected chi connectivity index (χ2v) is 5.37. The van der Waals surface area contributed by atoms with Crippen molar-refractivity contribution in [1.82, 2.24) is 10.6 Å². The van der Waals surface area contributed by atoms with E-state index in [1.54, 1.807) is 6.07 Å². The quantitative estimate of drug-likeness (QED) is 0.698. The van der Waals surface area contributed by atoms with Crippen LogP contribution in [0.5, 0.6) is 0 Å². The van der Waals surface area contributed by atoms with Crippen LogP contribution in [0, 0.1) is 0 Å². The van der Waals surface area contributed by atoms with Gasteiger partial charge in [-0.25, -0.2) is 0 Å². The molecule has 0 aliphatic carbocycles. The molecule has 8 heteroatoms. The number of nitrogens with one attached hydrogen (secondary N) is 2. The molecule has 1 aliphatic rings. The molecule has 1 unspecified atom stereocenters. The number of carbonyl (C=O) groups is 2. The first-order valence-electron chi connectivity index (χ1n) is 6.09. The van der Waals surface area contributed by atoms with Gasteiger partial charge < -0.3 is 24.9 Å². The number of hydrogen-bond acceptors (Lipinski definition) is 5. The minimum atomic E-state index is -1.01. The number of carbonyl (C=O) groups excluding carboxylic acids is 2. The smallest absolute Gasteiger partial charge is 0.287 e. The van der Waals surface area contributed by atoms with Crippen molar-refractivity contribution in [3.05, 3.63) is 22.6 Å². The van der Waals surface area contributed by atoms with Gasteiger partial charge in [-0.1, -0.05) is 0 Å². The number of hydrogen-bond donors (Lipinski definition) is 3. The molecule has 0 spiro atoms. The fraction of sp³-hybridized carbons (Fsp3) is 0.500. The zero-order chi connectivity index (χ0) is 14.6. The molecule has 1 aromatic heterocycles. The average Bonchev–Trinajstić information content (AvgIpc) is 3.03. The summed E-state index contributed by atoms with van der Waals surface area (Å²) in [6, 6.07) is 3.08. The van der Waals surface area contributed by atoms with Gasteiger partial charge in [-0.15, -0.1) is 0 Å². The highest BCUT2D eigenvalue weighted by Gasteiger charge is 2.32. The van der Waals surface area contributed by atoms with E-state index in [0.29, 0.717) is 17.7 Å². The van der Waals surface area contributed by atoms with Crippen LogP contribution in [0.25, 0.3) is 0 Å². The van der Waals surface area contributed by atoms with Crippen LogP contribution in [0.4, 0.5) is 0 Å². The maximum atomic E-state index is 11.6. The largest absolute Gasteiger partial charge is 0.444 e. The molecule has 7 nitrogen and oxygen atoms in total. The minimum Gasteiger partial charge on any atom is -0.444 e. The highest BCUT2D eigenvalue weighted by atomic mass is 79.9. The van der Waals surface area contributed by atoms with Crippen LogP contribution in [0.1, 0.15) is 17.0 Å². The third-order valence-corrected chi connectivity index (χ3v) is 3.33. The standard InChI is InChI=1S/C12H15BrN2O5/c13-9-2-1-8(20-9)11(17)14-5-10(16)15-6-12(18)3-4-19-7-12/h1-2,18H,3-7H2,(H,14,17)(H,15,16). The monoisotopic (exact) mass is 346 g/mol. The van der Waals surface area contributed by atoms with Crippen molar-refractivity contribution in [3.8, 4) is 0 Å². The van der Waals surface area contributed by atoms with Crippen LogP contribution in [0.3, 0.4) is 0 Å². The van der Waals surface area contributed by atoms with Gasteiger partial charge in [0.2, 0.25) is 5.91 Å². The Morgan fingerprint density at radius 3 is 2.80 bits per heavy atom. The van der Waals surface area contributed by atoms with Gasteiger partial charge in [0.05, 0.1) is 13.2 Å². The SMILES string of the molecule is O=C(CNC(=O)c1ccc(Br)o1)NCC1(O)CCOC1. The molecule has 3 N–H and O–H groups in total. The number of rotatable bonds is 5. The molecule has 0 saturated carbocycles. The van der Waals surface area contributed by atoms with Crippen LogP contribution in [0.2, 0.25) is 0 Å². The third-order valence-electron chi connectivity index (χ3n) is 2.90. The summed E-state index contributed by atoms with van der Waals surface area (Å²) in [7, 11) is 0. The van der Waals surface area contributed by atoms with Crippen LogP contribution >= 0.6 is 15.9 Å².